The fourth-order valence-electron chi connectivity index (χ4n) is 2.00. The van der Waals surface area contributed by atoms with E-state index in [1.54, 1.807) is 4.68 Å². The summed E-state index contributed by atoms with van der Waals surface area (Å²) < 4.78 is 28.7. The first-order valence-corrected chi connectivity index (χ1v) is 9.53. The summed E-state index contributed by atoms with van der Waals surface area (Å²) in [5.74, 6) is 0. The fraction of sp³-hybridized carbons (Fsp3) is 0.824. The van der Waals surface area contributed by atoms with Crippen molar-refractivity contribution in [2.24, 2.45) is 5.73 Å². The summed E-state index contributed by atoms with van der Waals surface area (Å²) in [6, 6.07) is -0.554. The van der Waals surface area contributed by atoms with Gasteiger partial charge in [-0.3, -0.25) is 0 Å². The molecule has 0 atom stereocenters. The monoisotopic (exact) mass is 403 g/mol. The molecule has 0 radical (unpaired) electrons. The summed E-state index contributed by atoms with van der Waals surface area (Å²) in [5, 5.41) is 10.5. The van der Waals surface area contributed by atoms with Gasteiger partial charge in [0, 0.05) is 12.7 Å². The quantitative estimate of drug-likeness (QED) is 0.298. The van der Waals surface area contributed by atoms with Gasteiger partial charge in [0.05, 0.1) is 78.3 Å². The van der Waals surface area contributed by atoms with Gasteiger partial charge in [-0.2, -0.15) is 0 Å². The number of nitrogens with two attached hydrogens (primary N) is 1. The van der Waals surface area contributed by atoms with Crippen LogP contribution in [-0.4, -0.2) is 93.6 Å². The topological polar surface area (TPSA) is 132 Å². The van der Waals surface area contributed by atoms with Crippen LogP contribution in [0.3, 0.4) is 0 Å². The van der Waals surface area contributed by atoms with E-state index in [-0.39, 0.29) is 0 Å². The summed E-state index contributed by atoms with van der Waals surface area (Å²) in [4.78, 5) is 10.4. The Labute approximate surface area is 165 Å². The molecule has 1 rings (SSSR count). The number of hydrogen-bond acceptors (Lipinski definition) is 8. The number of urea groups is 1. The van der Waals surface area contributed by atoms with Gasteiger partial charge < -0.3 is 34.7 Å². The highest BCUT2D eigenvalue weighted by Crippen LogP contribution is 1.93. The second-order valence-electron chi connectivity index (χ2n) is 5.68. The van der Waals surface area contributed by atoms with E-state index < -0.39 is 6.03 Å². The Morgan fingerprint density at radius 2 is 1.43 bits per heavy atom. The molecule has 0 saturated carbocycles. The molecule has 0 bridgehead atoms. The maximum Gasteiger partial charge on any atom is 0.312 e. The maximum atomic E-state index is 10.4. The Balaban J connectivity index is 1.71. The van der Waals surface area contributed by atoms with Gasteiger partial charge in [-0.15, -0.1) is 5.10 Å². The average Bonchev–Trinajstić information content (AvgIpc) is 3.15. The van der Waals surface area contributed by atoms with Gasteiger partial charge in [0.1, 0.15) is 0 Å². The highest BCUT2D eigenvalue weighted by molar-refractivity contribution is 5.71. The second kappa shape index (κ2) is 17.3. The molecule has 1 aromatic heterocycles. The SMILES string of the molecule is CCc1cn(CCOCCOCCOCCOCCOCCNC(N)=O)nn1. The van der Waals surface area contributed by atoms with Crippen LogP contribution in [-0.2, 0) is 36.6 Å². The van der Waals surface area contributed by atoms with Gasteiger partial charge in [-0.25, -0.2) is 9.48 Å². The molecule has 2 amide bonds. The van der Waals surface area contributed by atoms with Crippen molar-refractivity contribution in [3.8, 4) is 0 Å². The van der Waals surface area contributed by atoms with E-state index in [0.717, 1.165) is 12.1 Å². The highest BCUT2D eigenvalue weighted by Gasteiger charge is 1.98. The minimum atomic E-state index is -0.554. The molecule has 0 aliphatic carbocycles. The molecule has 1 aromatic rings. The average molecular weight is 403 g/mol. The molecule has 3 N–H and O–H groups in total. The van der Waals surface area contributed by atoms with Crippen molar-refractivity contribution in [2.45, 2.75) is 19.9 Å². The van der Waals surface area contributed by atoms with Crippen molar-refractivity contribution in [1.29, 1.82) is 0 Å². The molecule has 0 spiro atoms. The van der Waals surface area contributed by atoms with Crippen molar-refractivity contribution >= 4 is 6.03 Å². The highest BCUT2D eigenvalue weighted by atomic mass is 16.6. The Morgan fingerprint density at radius 3 is 1.89 bits per heavy atom. The summed E-state index contributed by atoms with van der Waals surface area (Å²) in [6.07, 6.45) is 2.81. The molecule has 162 valence electrons. The van der Waals surface area contributed by atoms with Crippen molar-refractivity contribution in [1.82, 2.24) is 20.3 Å². The number of carbonyl (C=O) groups excluding carboxylic acids is 1. The van der Waals surface area contributed by atoms with E-state index in [1.165, 1.54) is 0 Å². The van der Waals surface area contributed by atoms with E-state index in [1.807, 2.05) is 13.1 Å². The number of nitrogens with zero attached hydrogens (tertiary/aromatic N) is 3. The molecule has 0 aliphatic rings. The van der Waals surface area contributed by atoms with Crippen LogP contribution in [0.1, 0.15) is 12.6 Å². The number of ether oxygens (including phenoxy) is 5. The van der Waals surface area contributed by atoms with Gasteiger partial charge in [0.2, 0.25) is 0 Å². The number of primary amides is 1. The Morgan fingerprint density at radius 1 is 0.929 bits per heavy atom. The molecule has 0 saturated heterocycles. The third kappa shape index (κ3) is 14.3. The second-order valence-corrected chi connectivity index (χ2v) is 5.68. The molecule has 11 heteroatoms. The van der Waals surface area contributed by atoms with E-state index in [0.29, 0.717) is 79.2 Å². The number of amides is 2. The number of carbonyl (C=O) groups is 1. The van der Waals surface area contributed by atoms with Crippen LogP contribution < -0.4 is 11.1 Å². The third-order valence-corrected chi connectivity index (χ3v) is 3.45. The lowest BCUT2D eigenvalue weighted by atomic mass is 10.4. The first kappa shape index (κ1) is 24.2. The fourth-order valence-corrected chi connectivity index (χ4v) is 2.00. The lowest BCUT2D eigenvalue weighted by molar-refractivity contribution is -0.0113. The molecule has 1 heterocycles. The third-order valence-electron chi connectivity index (χ3n) is 3.45. The van der Waals surface area contributed by atoms with Gasteiger partial charge in [-0.1, -0.05) is 12.1 Å². The zero-order chi connectivity index (χ0) is 20.3. The largest absolute Gasteiger partial charge is 0.377 e. The minimum Gasteiger partial charge on any atom is -0.377 e. The summed E-state index contributed by atoms with van der Waals surface area (Å²) >= 11 is 0. The van der Waals surface area contributed by atoms with Crippen LogP contribution in [0.4, 0.5) is 4.79 Å². The Hall–Kier alpha value is -1.79. The van der Waals surface area contributed by atoms with E-state index in [9.17, 15) is 4.79 Å². The smallest absolute Gasteiger partial charge is 0.312 e. The first-order valence-electron chi connectivity index (χ1n) is 9.53. The summed E-state index contributed by atoms with van der Waals surface area (Å²) in [7, 11) is 0. The first-order chi connectivity index (χ1) is 13.7. The van der Waals surface area contributed by atoms with Gasteiger partial charge in [-0.05, 0) is 6.42 Å². The zero-order valence-electron chi connectivity index (χ0n) is 16.6. The van der Waals surface area contributed by atoms with E-state index in [2.05, 4.69) is 15.6 Å². The lowest BCUT2D eigenvalue weighted by Gasteiger charge is -2.08. The van der Waals surface area contributed by atoms with Crippen LogP contribution in [0.15, 0.2) is 6.20 Å². The van der Waals surface area contributed by atoms with Crippen molar-refractivity contribution in [3.05, 3.63) is 11.9 Å². The number of rotatable bonds is 19. The van der Waals surface area contributed by atoms with Crippen LogP contribution in [0.5, 0.6) is 0 Å². The van der Waals surface area contributed by atoms with Crippen molar-refractivity contribution in [3.63, 3.8) is 0 Å². The number of aromatic nitrogens is 3. The maximum absolute atomic E-state index is 10.4. The molecule has 0 unspecified atom stereocenters. The molecule has 0 fully saturated rings. The molecule has 0 aromatic carbocycles. The van der Waals surface area contributed by atoms with E-state index in [4.69, 9.17) is 29.4 Å². The Bertz CT molecular complexity index is 502. The predicted molar refractivity (Wildman–Crippen MR) is 101 cm³/mol. The Kier molecular flexibility index (Phi) is 15.0. The van der Waals surface area contributed by atoms with Gasteiger partial charge in [0.25, 0.3) is 0 Å². The lowest BCUT2D eigenvalue weighted by Crippen LogP contribution is -2.32. The van der Waals surface area contributed by atoms with Crippen LogP contribution in [0, 0.1) is 0 Å². The van der Waals surface area contributed by atoms with Crippen LogP contribution >= 0.6 is 0 Å². The molecule has 0 aliphatic heterocycles. The van der Waals surface area contributed by atoms with Gasteiger partial charge >= 0.3 is 6.03 Å². The standard InChI is InChI=1S/C17H33N5O6/c1-2-16-15-22(21-20-16)4-6-25-8-10-27-12-14-28-13-11-26-9-7-24-5-3-19-17(18)23/h15H,2-14H2,1H3,(H3,18,19,23). The van der Waals surface area contributed by atoms with Crippen molar-refractivity contribution < 1.29 is 28.5 Å². The minimum absolute atomic E-state index is 0.394. The molecular formula is C17H33N5O6. The molecule has 28 heavy (non-hydrogen) atoms. The molecular weight excluding hydrogens is 370 g/mol. The van der Waals surface area contributed by atoms with Crippen LogP contribution in [0.2, 0.25) is 0 Å². The van der Waals surface area contributed by atoms with Gasteiger partial charge in [0.15, 0.2) is 0 Å². The normalized spacial score (nSPS) is 11.0. The van der Waals surface area contributed by atoms with Crippen LogP contribution in [0.25, 0.3) is 0 Å². The molecule has 11 nitrogen and oxygen atoms in total. The summed E-state index contributed by atoms with van der Waals surface area (Å²) in [5.41, 5.74) is 5.90. The number of nitrogens with one attached hydrogen (secondary N) is 1. The summed E-state index contributed by atoms with van der Waals surface area (Å²) in [6.45, 7) is 8.13. The zero-order valence-corrected chi connectivity index (χ0v) is 16.6. The van der Waals surface area contributed by atoms with E-state index >= 15 is 0 Å². The van der Waals surface area contributed by atoms with Crippen molar-refractivity contribution in [2.75, 3.05) is 72.6 Å². The predicted octanol–water partition coefficient (Wildman–Crippen LogP) is -0.408. The number of aryl methyl sites for hydroxylation is 1. The number of hydrogen-bond donors (Lipinski definition) is 2.